The van der Waals surface area contributed by atoms with Crippen LogP contribution in [0.5, 0.6) is 0 Å². The van der Waals surface area contributed by atoms with E-state index in [-0.39, 0.29) is 0 Å². The third-order valence-electron chi connectivity index (χ3n) is 1.57. The molecule has 0 aliphatic rings. The van der Waals surface area contributed by atoms with E-state index < -0.39 is 0 Å². The highest BCUT2D eigenvalue weighted by Crippen LogP contribution is 2.10. The highest BCUT2D eigenvalue weighted by Gasteiger charge is 2.08. The van der Waals surface area contributed by atoms with Gasteiger partial charge in [-0.25, -0.2) is 0 Å². The van der Waals surface area contributed by atoms with Gasteiger partial charge in [-0.2, -0.15) is 5.10 Å². The Morgan fingerprint density at radius 2 is 2.33 bits per heavy atom. The van der Waals surface area contributed by atoms with E-state index in [0.717, 1.165) is 5.69 Å². The summed E-state index contributed by atoms with van der Waals surface area (Å²) in [5.41, 5.74) is 0.870. The van der Waals surface area contributed by atoms with Crippen LogP contribution in [-0.4, -0.2) is 22.0 Å². The third-order valence-corrected chi connectivity index (χ3v) is 1.93. The Balaban J connectivity index is 3.07. The number of nitrogens with zero attached hydrogens (tertiary/aromatic N) is 3. The molecule has 1 rings (SSSR count). The average Bonchev–Trinajstić information content (AvgIpc) is 2.50. The van der Waals surface area contributed by atoms with Crippen LogP contribution in [-0.2, 0) is 0 Å². The van der Waals surface area contributed by atoms with Gasteiger partial charge in [-0.15, -0.1) is 0 Å². The van der Waals surface area contributed by atoms with Crippen molar-refractivity contribution in [1.29, 1.82) is 0 Å². The Morgan fingerprint density at radius 1 is 1.67 bits per heavy atom. The first-order valence-electron chi connectivity index (χ1n) is 3.83. The van der Waals surface area contributed by atoms with Gasteiger partial charge in [0.15, 0.2) is 0 Å². The second-order valence-electron chi connectivity index (χ2n) is 2.77. The molecule has 66 valence electrons. The molecule has 1 heterocycles. The molecule has 0 fully saturated rings. The molecule has 0 unspecified atom stereocenters. The number of hydrogen-bond donors (Lipinski definition) is 0. The fourth-order valence-corrected chi connectivity index (χ4v) is 1.15. The summed E-state index contributed by atoms with van der Waals surface area (Å²) in [7, 11) is 1.67. The SMILES string of the molecule is C/N=C(/Cl)c1ccnn1C(C)C. The Hall–Kier alpha value is -0.830. The van der Waals surface area contributed by atoms with Crippen LogP contribution in [0.1, 0.15) is 25.6 Å². The molecule has 0 amide bonds. The molecule has 1 aromatic heterocycles. The normalized spacial score (nSPS) is 12.6. The van der Waals surface area contributed by atoms with Crippen LogP contribution in [0.4, 0.5) is 0 Å². The van der Waals surface area contributed by atoms with Crippen molar-refractivity contribution in [3.63, 3.8) is 0 Å². The van der Waals surface area contributed by atoms with Crippen molar-refractivity contribution in [3.05, 3.63) is 18.0 Å². The second-order valence-corrected chi connectivity index (χ2v) is 3.13. The van der Waals surface area contributed by atoms with Crippen molar-refractivity contribution in [2.75, 3.05) is 7.05 Å². The highest BCUT2D eigenvalue weighted by molar-refractivity contribution is 6.69. The maximum Gasteiger partial charge on any atom is 0.148 e. The summed E-state index contributed by atoms with van der Waals surface area (Å²) < 4.78 is 1.84. The van der Waals surface area contributed by atoms with E-state index in [1.165, 1.54) is 0 Å². The van der Waals surface area contributed by atoms with Crippen LogP contribution in [0.3, 0.4) is 0 Å². The fraction of sp³-hybridized carbons (Fsp3) is 0.500. The van der Waals surface area contributed by atoms with E-state index >= 15 is 0 Å². The molecule has 0 aliphatic heterocycles. The molecule has 0 aliphatic carbocycles. The summed E-state index contributed by atoms with van der Waals surface area (Å²) in [5, 5.41) is 4.64. The molecule has 0 saturated heterocycles. The van der Waals surface area contributed by atoms with Crippen LogP contribution < -0.4 is 0 Å². The van der Waals surface area contributed by atoms with Crippen LogP contribution in [0.15, 0.2) is 17.3 Å². The summed E-state index contributed by atoms with van der Waals surface area (Å²) in [6.45, 7) is 4.10. The van der Waals surface area contributed by atoms with Gasteiger partial charge in [-0.1, -0.05) is 11.6 Å². The smallest absolute Gasteiger partial charge is 0.148 e. The second kappa shape index (κ2) is 3.72. The summed E-state index contributed by atoms with van der Waals surface area (Å²) >= 11 is 5.87. The monoisotopic (exact) mass is 185 g/mol. The van der Waals surface area contributed by atoms with Gasteiger partial charge in [-0.3, -0.25) is 9.67 Å². The molecule has 1 aromatic rings. The van der Waals surface area contributed by atoms with Gasteiger partial charge in [0.2, 0.25) is 0 Å². The largest absolute Gasteiger partial charge is 0.275 e. The maximum absolute atomic E-state index is 5.87. The van der Waals surface area contributed by atoms with E-state index in [1.807, 2.05) is 10.7 Å². The summed E-state index contributed by atoms with van der Waals surface area (Å²) in [5.74, 6) is 0. The quantitative estimate of drug-likeness (QED) is 0.649. The third kappa shape index (κ3) is 1.67. The minimum Gasteiger partial charge on any atom is -0.275 e. The highest BCUT2D eigenvalue weighted by atomic mass is 35.5. The lowest BCUT2D eigenvalue weighted by atomic mass is 10.3. The van der Waals surface area contributed by atoms with Gasteiger partial charge in [0, 0.05) is 19.3 Å². The average molecular weight is 186 g/mol. The van der Waals surface area contributed by atoms with Gasteiger partial charge < -0.3 is 0 Å². The zero-order valence-electron chi connectivity index (χ0n) is 7.45. The van der Waals surface area contributed by atoms with Gasteiger partial charge in [0.25, 0.3) is 0 Å². The van der Waals surface area contributed by atoms with E-state index in [1.54, 1.807) is 13.2 Å². The first-order chi connectivity index (χ1) is 5.66. The van der Waals surface area contributed by atoms with Gasteiger partial charge in [0.1, 0.15) is 5.17 Å². The van der Waals surface area contributed by atoms with Crippen molar-refractivity contribution in [2.45, 2.75) is 19.9 Å². The Kier molecular flexibility index (Phi) is 2.87. The van der Waals surface area contributed by atoms with Crippen molar-refractivity contribution < 1.29 is 0 Å². The fourth-order valence-electron chi connectivity index (χ4n) is 1.00. The van der Waals surface area contributed by atoms with Crippen LogP contribution in [0.25, 0.3) is 0 Å². The van der Waals surface area contributed by atoms with E-state index in [2.05, 4.69) is 23.9 Å². The number of aliphatic imine (C=N–C) groups is 1. The Morgan fingerprint density at radius 3 is 2.83 bits per heavy atom. The zero-order valence-corrected chi connectivity index (χ0v) is 8.21. The number of rotatable bonds is 2. The van der Waals surface area contributed by atoms with Gasteiger partial charge in [0.05, 0.1) is 5.69 Å². The molecule has 0 spiro atoms. The van der Waals surface area contributed by atoms with Crippen molar-refractivity contribution in [3.8, 4) is 0 Å². The first-order valence-corrected chi connectivity index (χ1v) is 4.20. The summed E-state index contributed by atoms with van der Waals surface area (Å²) in [6.07, 6.45) is 1.73. The van der Waals surface area contributed by atoms with E-state index in [9.17, 15) is 0 Å². The minimum absolute atomic E-state index is 0.311. The lowest BCUT2D eigenvalue weighted by Gasteiger charge is -2.08. The predicted octanol–water partition coefficient (Wildman–Crippen LogP) is 2.08. The molecule has 12 heavy (non-hydrogen) atoms. The van der Waals surface area contributed by atoms with E-state index in [4.69, 9.17) is 11.6 Å². The van der Waals surface area contributed by atoms with Crippen molar-refractivity contribution in [2.24, 2.45) is 4.99 Å². The number of halogens is 1. The minimum atomic E-state index is 0.311. The molecular formula is C8H12ClN3. The zero-order chi connectivity index (χ0) is 9.14. The molecular weight excluding hydrogens is 174 g/mol. The Labute approximate surface area is 77.1 Å². The molecule has 0 bridgehead atoms. The van der Waals surface area contributed by atoms with E-state index in [0.29, 0.717) is 11.2 Å². The van der Waals surface area contributed by atoms with Gasteiger partial charge >= 0.3 is 0 Å². The molecule has 3 nitrogen and oxygen atoms in total. The lowest BCUT2D eigenvalue weighted by molar-refractivity contribution is 0.529. The maximum atomic E-state index is 5.87. The molecule has 0 saturated carbocycles. The van der Waals surface area contributed by atoms with Crippen LogP contribution >= 0.6 is 11.6 Å². The number of aromatic nitrogens is 2. The summed E-state index contributed by atoms with van der Waals surface area (Å²) in [6, 6.07) is 2.17. The summed E-state index contributed by atoms with van der Waals surface area (Å²) in [4.78, 5) is 3.90. The topological polar surface area (TPSA) is 30.2 Å². The molecule has 0 N–H and O–H groups in total. The van der Waals surface area contributed by atoms with Crippen LogP contribution in [0.2, 0.25) is 0 Å². The molecule has 0 aromatic carbocycles. The molecule has 4 heteroatoms. The molecule has 0 radical (unpaired) electrons. The standard InChI is InChI=1S/C8H12ClN3/c1-6(2)12-7(4-5-11-12)8(9)10-3/h4-6H,1-3H3/b10-8+. The van der Waals surface area contributed by atoms with Gasteiger partial charge in [-0.05, 0) is 19.9 Å². The molecule has 0 atom stereocenters. The predicted molar refractivity (Wildman–Crippen MR) is 50.9 cm³/mol. The van der Waals surface area contributed by atoms with Crippen LogP contribution in [0, 0.1) is 0 Å². The first kappa shape index (κ1) is 9.26. The number of hydrogen-bond acceptors (Lipinski definition) is 2. The van der Waals surface area contributed by atoms with Crippen molar-refractivity contribution >= 4 is 16.8 Å². The lowest BCUT2D eigenvalue weighted by Crippen LogP contribution is -2.09. The Bertz CT molecular complexity index is 288. The van der Waals surface area contributed by atoms with Crippen molar-refractivity contribution in [1.82, 2.24) is 9.78 Å².